The number of amides is 1. The van der Waals surface area contributed by atoms with Gasteiger partial charge in [0.1, 0.15) is 0 Å². The number of hydroxylamine groups is 1. The van der Waals surface area contributed by atoms with Crippen LogP contribution in [-0.2, 0) is 0 Å². The van der Waals surface area contributed by atoms with Crippen molar-refractivity contribution in [3.05, 3.63) is 35.4 Å². The molecular weight excluding hydrogens is 197 g/mol. The maximum absolute atomic E-state index is 10.9. The Bertz CT molecular complexity index is 353. The maximum Gasteiger partial charge on any atom is 0.336 e. The Labute approximate surface area is 102 Å². The molecule has 0 aromatic heterocycles. The standard InChI is InChI=1S/C8H7NO4.Na/c10-7(9-13)5-3-1-2-4-6(5)8(11)12;/h1-4,13H,(H,9,10)(H,11,12);. The van der Waals surface area contributed by atoms with Gasteiger partial charge in [-0.2, -0.15) is 0 Å². The minimum absolute atomic E-state index is 0. The van der Waals surface area contributed by atoms with Gasteiger partial charge in [-0.1, -0.05) is 12.1 Å². The molecule has 3 N–H and O–H groups in total. The second-order valence-corrected chi connectivity index (χ2v) is 2.29. The van der Waals surface area contributed by atoms with Crippen LogP contribution < -0.4 is 5.48 Å². The van der Waals surface area contributed by atoms with Crippen molar-refractivity contribution in [3.8, 4) is 0 Å². The van der Waals surface area contributed by atoms with Crippen LogP contribution in [0, 0.1) is 0 Å². The SMILES string of the molecule is O=C(O)c1ccccc1C(=O)NO.[Na]. The van der Waals surface area contributed by atoms with Crippen molar-refractivity contribution < 1.29 is 19.9 Å². The normalized spacial score (nSPS) is 8.64. The summed E-state index contributed by atoms with van der Waals surface area (Å²) in [5, 5.41) is 17.0. The van der Waals surface area contributed by atoms with Gasteiger partial charge < -0.3 is 5.11 Å². The van der Waals surface area contributed by atoms with E-state index < -0.39 is 11.9 Å². The van der Waals surface area contributed by atoms with Crippen molar-refractivity contribution in [1.82, 2.24) is 5.48 Å². The molecule has 0 aliphatic heterocycles. The summed E-state index contributed by atoms with van der Waals surface area (Å²) in [6, 6.07) is 5.61. The number of aromatic carboxylic acids is 1. The molecule has 0 aliphatic carbocycles. The van der Waals surface area contributed by atoms with Gasteiger partial charge in [-0.15, -0.1) is 0 Å². The number of hydrogen-bond acceptors (Lipinski definition) is 3. The van der Waals surface area contributed by atoms with Gasteiger partial charge >= 0.3 is 5.97 Å². The second-order valence-electron chi connectivity index (χ2n) is 2.29. The Morgan fingerprint density at radius 2 is 1.64 bits per heavy atom. The van der Waals surface area contributed by atoms with Crippen molar-refractivity contribution in [2.45, 2.75) is 0 Å². The predicted molar refractivity (Wildman–Crippen MR) is 48.4 cm³/mol. The Morgan fingerprint density at radius 1 is 1.14 bits per heavy atom. The average Bonchev–Trinajstić information content (AvgIpc) is 2.16. The van der Waals surface area contributed by atoms with Crippen molar-refractivity contribution >= 4 is 41.4 Å². The largest absolute Gasteiger partial charge is 0.478 e. The maximum atomic E-state index is 10.9. The molecule has 1 rings (SSSR count). The van der Waals surface area contributed by atoms with Gasteiger partial charge in [-0.25, -0.2) is 10.3 Å². The number of carboxylic acid groups (broad SMARTS) is 1. The van der Waals surface area contributed by atoms with E-state index in [4.69, 9.17) is 10.3 Å². The van der Waals surface area contributed by atoms with E-state index in [2.05, 4.69) is 0 Å². The van der Waals surface area contributed by atoms with Crippen molar-refractivity contribution in [3.63, 3.8) is 0 Å². The molecule has 1 aromatic rings. The third-order valence-corrected chi connectivity index (χ3v) is 1.50. The van der Waals surface area contributed by atoms with Crippen LogP contribution in [0.1, 0.15) is 20.7 Å². The van der Waals surface area contributed by atoms with E-state index in [1.807, 2.05) is 0 Å². The average molecular weight is 204 g/mol. The molecule has 0 bridgehead atoms. The fourth-order valence-electron chi connectivity index (χ4n) is 0.928. The molecule has 0 aliphatic rings. The van der Waals surface area contributed by atoms with Crippen LogP contribution in [0.3, 0.4) is 0 Å². The van der Waals surface area contributed by atoms with Crippen LogP contribution in [0.2, 0.25) is 0 Å². The minimum atomic E-state index is -1.21. The summed E-state index contributed by atoms with van der Waals surface area (Å²) in [7, 11) is 0. The summed E-state index contributed by atoms with van der Waals surface area (Å²) in [4.78, 5) is 21.5. The van der Waals surface area contributed by atoms with Crippen LogP contribution >= 0.6 is 0 Å². The fourth-order valence-corrected chi connectivity index (χ4v) is 0.928. The first-order chi connectivity index (χ1) is 6.16. The van der Waals surface area contributed by atoms with Gasteiger partial charge in [0.15, 0.2) is 0 Å². The van der Waals surface area contributed by atoms with Crippen LogP contribution in [0.25, 0.3) is 0 Å². The molecule has 0 saturated carbocycles. The number of carbonyl (C=O) groups excluding carboxylic acids is 1. The Morgan fingerprint density at radius 3 is 2.07 bits per heavy atom. The third kappa shape index (κ3) is 2.81. The minimum Gasteiger partial charge on any atom is -0.478 e. The molecule has 5 nitrogen and oxygen atoms in total. The van der Waals surface area contributed by atoms with Gasteiger partial charge in [0.25, 0.3) is 5.91 Å². The van der Waals surface area contributed by atoms with Crippen molar-refractivity contribution in [2.24, 2.45) is 0 Å². The summed E-state index contributed by atoms with van der Waals surface area (Å²) in [5.74, 6) is -2.04. The zero-order valence-electron chi connectivity index (χ0n) is 7.52. The summed E-state index contributed by atoms with van der Waals surface area (Å²) < 4.78 is 0. The summed E-state index contributed by atoms with van der Waals surface area (Å²) >= 11 is 0. The zero-order valence-corrected chi connectivity index (χ0v) is 9.52. The third-order valence-electron chi connectivity index (χ3n) is 1.50. The topological polar surface area (TPSA) is 86.6 Å². The van der Waals surface area contributed by atoms with E-state index in [1.54, 1.807) is 0 Å². The van der Waals surface area contributed by atoms with E-state index in [9.17, 15) is 9.59 Å². The number of benzene rings is 1. The number of hydrogen-bond donors (Lipinski definition) is 3. The molecule has 0 spiro atoms. The summed E-state index contributed by atoms with van der Waals surface area (Å²) in [5.41, 5.74) is 1.16. The molecule has 0 heterocycles. The molecule has 1 aromatic carbocycles. The van der Waals surface area contributed by atoms with Gasteiger partial charge in [0.2, 0.25) is 0 Å². The van der Waals surface area contributed by atoms with Gasteiger partial charge in [-0.3, -0.25) is 10.0 Å². The van der Waals surface area contributed by atoms with Gasteiger partial charge in [-0.05, 0) is 12.1 Å². The van der Waals surface area contributed by atoms with Crippen LogP contribution in [0.5, 0.6) is 0 Å². The van der Waals surface area contributed by atoms with E-state index >= 15 is 0 Å². The van der Waals surface area contributed by atoms with Crippen molar-refractivity contribution in [2.75, 3.05) is 0 Å². The molecule has 1 radical (unpaired) electrons. The van der Waals surface area contributed by atoms with E-state index in [1.165, 1.54) is 29.7 Å². The Balaban J connectivity index is 0.00000169. The molecule has 14 heavy (non-hydrogen) atoms. The van der Waals surface area contributed by atoms with E-state index in [-0.39, 0.29) is 40.7 Å². The van der Waals surface area contributed by atoms with Crippen LogP contribution in [-0.4, -0.2) is 51.7 Å². The zero-order chi connectivity index (χ0) is 9.84. The molecule has 1 amide bonds. The number of carboxylic acids is 1. The number of rotatable bonds is 2. The Kier molecular flexibility index (Phi) is 5.40. The smallest absolute Gasteiger partial charge is 0.336 e. The van der Waals surface area contributed by atoms with Crippen LogP contribution in [0.15, 0.2) is 24.3 Å². The molecule has 0 atom stereocenters. The first-order valence-corrected chi connectivity index (χ1v) is 3.43. The molecule has 0 fully saturated rings. The first kappa shape index (κ1) is 13.1. The summed E-state index contributed by atoms with van der Waals surface area (Å²) in [6.45, 7) is 0. The van der Waals surface area contributed by atoms with E-state index in [0.717, 1.165) is 0 Å². The molecular formula is C8H7NNaO4. The molecule has 6 heteroatoms. The number of nitrogens with one attached hydrogen (secondary N) is 1. The molecule has 0 saturated heterocycles. The second kappa shape index (κ2) is 5.77. The fraction of sp³-hybridized carbons (Fsp3) is 0. The van der Waals surface area contributed by atoms with Crippen LogP contribution in [0.4, 0.5) is 0 Å². The van der Waals surface area contributed by atoms with Gasteiger partial charge in [0.05, 0.1) is 11.1 Å². The van der Waals surface area contributed by atoms with Gasteiger partial charge in [0, 0.05) is 29.6 Å². The monoisotopic (exact) mass is 204 g/mol. The summed E-state index contributed by atoms with van der Waals surface area (Å²) in [6.07, 6.45) is 0. The molecule has 69 valence electrons. The number of carbonyl (C=O) groups is 2. The molecule has 0 unspecified atom stereocenters. The van der Waals surface area contributed by atoms with E-state index in [0.29, 0.717) is 0 Å². The first-order valence-electron chi connectivity index (χ1n) is 3.43. The quantitative estimate of drug-likeness (QED) is 0.363. The van der Waals surface area contributed by atoms with Crippen molar-refractivity contribution in [1.29, 1.82) is 0 Å². The predicted octanol–water partition coefficient (Wildman–Crippen LogP) is 0.123. The Hall–Kier alpha value is -0.880.